The van der Waals surface area contributed by atoms with Crippen LogP contribution in [0.15, 0.2) is 28.7 Å². The molecule has 114 valence electrons. The van der Waals surface area contributed by atoms with Crippen LogP contribution in [0.4, 0.5) is 4.79 Å². The number of carbonyl (C=O) groups excluding carboxylic acids is 3. The van der Waals surface area contributed by atoms with Gasteiger partial charge < -0.3 is 15.1 Å². The number of para-hydroxylation sites is 2. The fourth-order valence-electron chi connectivity index (χ4n) is 2.20. The zero-order valence-corrected chi connectivity index (χ0v) is 11.6. The highest BCUT2D eigenvalue weighted by molar-refractivity contribution is 6.05. The van der Waals surface area contributed by atoms with Crippen LogP contribution in [0.3, 0.4) is 0 Å². The Balaban J connectivity index is 1.47. The summed E-state index contributed by atoms with van der Waals surface area (Å²) < 4.78 is 5.53. The number of fused-ring (bicyclic) bond motifs is 1. The number of amides is 4. The maximum atomic E-state index is 11.7. The first-order chi connectivity index (χ1) is 10.6. The first kappa shape index (κ1) is 14.1. The first-order valence-corrected chi connectivity index (χ1v) is 6.84. The Bertz CT molecular complexity index is 706. The maximum Gasteiger partial charge on any atom is 0.322 e. The highest BCUT2D eigenvalue weighted by Crippen LogP contribution is 2.14. The zero-order valence-electron chi connectivity index (χ0n) is 11.6. The molecule has 1 aromatic heterocycles. The number of nitrogens with one attached hydrogen (secondary N) is 3. The Morgan fingerprint density at radius 3 is 2.86 bits per heavy atom. The Morgan fingerprint density at radius 2 is 2.14 bits per heavy atom. The van der Waals surface area contributed by atoms with E-state index >= 15 is 0 Å². The fraction of sp³-hybridized carbons (Fsp3) is 0.286. The molecule has 4 amide bonds. The molecule has 0 aliphatic carbocycles. The SMILES string of the molecule is O=C(CC1NC(=O)NC1=O)NCCc1nc2ccccc2o1. The number of benzene rings is 1. The van der Waals surface area contributed by atoms with Gasteiger partial charge in [-0.3, -0.25) is 14.9 Å². The van der Waals surface area contributed by atoms with Crippen LogP contribution in [0, 0.1) is 0 Å². The van der Waals surface area contributed by atoms with Gasteiger partial charge in [0.15, 0.2) is 11.5 Å². The van der Waals surface area contributed by atoms with Gasteiger partial charge >= 0.3 is 6.03 Å². The molecule has 0 saturated carbocycles. The van der Waals surface area contributed by atoms with Crippen LogP contribution in [0.5, 0.6) is 0 Å². The molecular formula is C14H14N4O4. The molecule has 1 unspecified atom stereocenters. The number of aromatic nitrogens is 1. The van der Waals surface area contributed by atoms with Crippen molar-refractivity contribution in [3.63, 3.8) is 0 Å². The Hall–Kier alpha value is -2.90. The lowest BCUT2D eigenvalue weighted by atomic mass is 10.2. The molecule has 3 N–H and O–H groups in total. The van der Waals surface area contributed by atoms with Crippen LogP contribution in [0.2, 0.25) is 0 Å². The normalized spacial score (nSPS) is 17.4. The van der Waals surface area contributed by atoms with Crippen molar-refractivity contribution in [3.8, 4) is 0 Å². The van der Waals surface area contributed by atoms with Gasteiger partial charge in [0, 0.05) is 13.0 Å². The van der Waals surface area contributed by atoms with Gasteiger partial charge in [-0.05, 0) is 12.1 Å². The van der Waals surface area contributed by atoms with E-state index in [4.69, 9.17) is 4.42 Å². The predicted molar refractivity (Wildman–Crippen MR) is 75.8 cm³/mol. The summed E-state index contributed by atoms with van der Waals surface area (Å²) in [6.07, 6.45) is 0.356. The number of urea groups is 1. The van der Waals surface area contributed by atoms with Crippen LogP contribution in [0.25, 0.3) is 11.1 Å². The van der Waals surface area contributed by atoms with Crippen LogP contribution in [-0.2, 0) is 16.0 Å². The number of oxazole rings is 1. The van der Waals surface area contributed by atoms with E-state index in [0.717, 1.165) is 5.52 Å². The molecule has 0 radical (unpaired) electrons. The summed E-state index contributed by atoms with van der Waals surface area (Å²) in [5.74, 6) is -0.272. The second-order valence-electron chi connectivity index (χ2n) is 4.89. The van der Waals surface area contributed by atoms with Crippen molar-refractivity contribution < 1.29 is 18.8 Å². The smallest absolute Gasteiger partial charge is 0.322 e. The van der Waals surface area contributed by atoms with Crippen molar-refractivity contribution in [2.24, 2.45) is 0 Å². The minimum absolute atomic E-state index is 0.0921. The third-order valence-electron chi connectivity index (χ3n) is 3.25. The Labute approximate surface area is 125 Å². The van der Waals surface area contributed by atoms with Gasteiger partial charge in [0.2, 0.25) is 5.91 Å². The summed E-state index contributed by atoms with van der Waals surface area (Å²) in [6, 6.07) is 6.02. The van der Waals surface area contributed by atoms with Gasteiger partial charge in [-0.2, -0.15) is 0 Å². The van der Waals surface area contributed by atoms with Crippen molar-refractivity contribution in [2.45, 2.75) is 18.9 Å². The van der Waals surface area contributed by atoms with Crippen LogP contribution in [0.1, 0.15) is 12.3 Å². The lowest BCUT2D eigenvalue weighted by Gasteiger charge is -2.07. The number of carbonyl (C=O) groups is 3. The Morgan fingerprint density at radius 1 is 1.32 bits per heavy atom. The largest absolute Gasteiger partial charge is 0.441 e. The van der Waals surface area contributed by atoms with Crippen molar-refractivity contribution >= 4 is 28.9 Å². The number of hydrogen-bond donors (Lipinski definition) is 3. The average molecular weight is 302 g/mol. The number of nitrogens with zero attached hydrogens (tertiary/aromatic N) is 1. The molecular weight excluding hydrogens is 288 g/mol. The highest BCUT2D eigenvalue weighted by atomic mass is 16.3. The van der Waals surface area contributed by atoms with E-state index < -0.39 is 18.0 Å². The van der Waals surface area contributed by atoms with Crippen molar-refractivity contribution in [1.29, 1.82) is 0 Å². The molecule has 1 aromatic carbocycles. The van der Waals surface area contributed by atoms with Gasteiger partial charge in [-0.15, -0.1) is 0 Å². The fourth-order valence-corrected chi connectivity index (χ4v) is 2.20. The predicted octanol–water partition coefficient (Wildman–Crippen LogP) is 0.0846. The molecule has 1 fully saturated rings. The van der Waals surface area contributed by atoms with Gasteiger partial charge in [-0.25, -0.2) is 9.78 Å². The molecule has 1 atom stereocenters. The molecule has 2 aromatic rings. The number of rotatable bonds is 5. The minimum Gasteiger partial charge on any atom is -0.441 e. The van der Waals surface area contributed by atoms with Gasteiger partial charge in [0.05, 0.1) is 6.42 Å². The van der Waals surface area contributed by atoms with Crippen LogP contribution < -0.4 is 16.0 Å². The molecule has 2 heterocycles. The van der Waals surface area contributed by atoms with E-state index in [-0.39, 0.29) is 12.3 Å². The molecule has 0 spiro atoms. The van der Waals surface area contributed by atoms with E-state index in [9.17, 15) is 14.4 Å². The second-order valence-corrected chi connectivity index (χ2v) is 4.89. The average Bonchev–Trinajstić information content (AvgIpc) is 3.01. The van der Waals surface area contributed by atoms with E-state index in [0.29, 0.717) is 24.4 Å². The van der Waals surface area contributed by atoms with Crippen molar-refractivity contribution in [3.05, 3.63) is 30.2 Å². The topological polar surface area (TPSA) is 113 Å². The maximum absolute atomic E-state index is 11.7. The summed E-state index contributed by atoms with van der Waals surface area (Å²) >= 11 is 0. The third-order valence-corrected chi connectivity index (χ3v) is 3.25. The summed E-state index contributed by atoms with van der Waals surface area (Å²) in [7, 11) is 0. The highest BCUT2D eigenvalue weighted by Gasteiger charge is 2.31. The summed E-state index contributed by atoms with van der Waals surface area (Å²) in [5, 5.41) is 7.11. The molecule has 0 bridgehead atoms. The van der Waals surface area contributed by atoms with E-state index in [1.54, 1.807) is 0 Å². The zero-order chi connectivity index (χ0) is 15.5. The van der Waals surface area contributed by atoms with E-state index in [1.165, 1.54) is 0 Å². The summed E-state index contributed by atoms with van der Waals surface area (Å²) in [4.78, 5) is 38.3. The van der Waals surface area contributed by atoms with Crippen molar-refractivity contribution in [1.82, 2.24) is 20.9 Å². The molecule has 22 heavy (non-hydrogen) atoms. The number of hydrogen-bond acceptors (Lipinski definition) is 5. The monoisotopic (exact) mass is 302 g/mol. The quantitative estimate of drug-likeness (QED) is 0.677. The van der Waals surface area contributed by atoms with E-state index in [2.05, 4.69) is 20.9 Å². The molecule has 3 rings (SSSR count). The third kappa shape index (κ3) is 3.05. The molecule has 1 aliphatic heterocycles. The van der Waals surface area contributed by atoms with Gasteiger partial charge in [0.1, 0.15) is 11.6 Å². The lowest BCUT2D eigenvalue weighted by molar-refractivity contribution is -0.126. The lowest BCUT2D eigenvalue weighted by Crippen LogP contribution is -2.36. The Kier molecular flexibility index (Phi) is 3.73. The molecule has 8 nitrogen and oxygen atoms in total. The van der Waals surface area contributed by atoms with Crippen LogP contribution >= 0.6 is 0 Å². The van der Waals surface area contributed by atoms with Crippen LogP contribution in [-0.4, -0.2) is 35.4 Å². The van der Waals surface area contributed by atoms with Gasteiger partial charge in [-0.1, -0.05) is 12.1 Å². The van der Waals surface area contributed by atoms with Crippen molar-refractivity contribution in [2.75, 3.05) is 6.54 Å². The first-order valence-electron chi connectivity index (χ1n) is 6.84. The summed E-state index contributed by atoms with van der Waals surface area (Å²) in [5.41, 5.74) is 1.48. The molecule has 1 saturated heterocycles. The van der Waals surface area contributed by atoms with E-state index in [1.807, 2.05) is 24.3 Å². The molecule has 8 heteroatoms. The second kappa shape index (κ2) is 5.84. The minimum atomic E-state index is -0.808. The number of imide groups is 1. The standard InChI is InChI=1S/C14H14N4O4/c19-11(7-9-13(20)18-14(21)17-9)15-6-5-12-16-8-3-1-2-4-10(8)22-12/h1-4,9H,5-7H2,(H,15,19)(H2,17,18,20,21). The molecule has 1 aliphatic rings. The van der Waals surface area contributed by atoms with Gasteiger partial charge in [0.25, 0.3) is 5.91 Å². The summed E-state index contributed by atoms with van der Waals surface area (Å²) in [6.45, 7) is 0.341.